The molecule has 0 saturated carbocycles. The highest BCUT2D eigenvalue weighted by Crippen LogP contribution is 2.34. The number of nitrogens with zero attached hydrogens (tertiary/aromatic N) is 2. The molecule has 162 valence electrons. The third kappa shape index (κ3) is 3.58. The molecule has 3 heterocycles. The van der Waals surface area contributed by atoms with Gasteiger partial charge in [-0.05, 0) is 44.5 Å². The van der Waals surface area contributed by atoms with E-state index in [2.05, 4.69) is 11.9 Å². The lowest BCUT2D eigenvalue weighted by molar-refractivity contribution is -0.130. The standard InChI is InChI=1S/C23H25N3O5/c1-5-8-25-14(2)9-17(15(25)3)18(27)12-26-21(28)23(4,24-22(26)29)11-16-6-7-19-20(10-16)31-13-30-19/h5-7,9-10H,1,8,11-13H2,2-4H3,(H,24,29)/t23-/m1/s1. The molecule has 1 aromatic carbocycles. The van der Waals surface area contributed by atoms with Crippen molar-refractivity contribution in [3.63, 3.8) is 0 Å². The zero-order chi connectivity index (χ0) is 22.3. The Labute approximate surface area is 180 Å². The van der Waals surface area contributed by atoms with E-state index in [1.165, 1.54) is 0 Å². The van der Waals surface area contributed by atoms with E-state index in [-0.39, 0.29) is 25.5 Å². The van der Waals surface area contributed by atoms with E-state index in [4.69, 9.17) is 9.47 Å². The zero-order valence-corrected chi connectivity index (χ0v) is 17.9. The number of benzene rings is 1. The van der Waals surface area contributed by atoms with Gasteiger partial charge < -0.3 is 19.4 Å². The lowest BCUT2D eigenvalue weighted by Gasteiger charge is -2.21. The summed E-state index contributed by atoms with van der Waals surface area (Å²) in [6.45, 7) is 9.60. The maximum Gasteiger partial charge on any atom is 0.325 e. The smallest absolute Gasteiger partial charge is 0.325 e. The predicted molar refractivity (Wildman–Crippen MR) is 113 cm³/mol. The summed E-state index contributed by atoms with van der Waals surface area (Å²) in [5.41, 5.74) is 1.89. The van der Waals surface area contributed by atoms with Crippen LogP contribution in [0.15, 0.2) is 36.9 Å². The van der Waals surface area contributed by atoms with Gasteiger partial charge in [0.05, 0.1) is 6.54 Å². The number of ether oxygens (including phenoxy) is 2. The number of Topliss-reactive ketones (excluding diaryl/α,β-unsaturated/α-hetero) is 1. The fraction of sp³-hybridized carbons (Fsp3) is 0.348. The Morgan fingerprint density at radius 3 is 2.71 bits per heavy atom. The molecule has 1 N–H and O–H groups in total. The number of nitrogens with one attached hydrogen (secondary N) is 1. The van der Waals surface area contributed by atoms with Gasteiger partial charge in [0.1, 0.15) is 5.54 Å². The number of imide groups is 1. The van der Waals surface area contributed by atoms with E-state index in [9.17, 15) is 14.4 Å². The third-order valence-corrected chi connectivity index (χ3v) is 5.83. The van der Waals surface area contributed by atoms with Gasteiger partial charge in [-0.15, -0.1) is 6.58 Å². The molecule has 0 unspecified atom stereocenters. The van der Waals surface area contributed by atoms with Gasteiger partial charge in [-0.25, -0.2) is 4.79 Å². The summed E-state index contributed by atoms with van der Waals surface area (Å²) < 4.78 is 12.7. The molecule has 3 amide bonds. The number of hydrogen-bond acceptors (Lipinski definition) is 5. The number of carbonyl (C=O) groups is 3. The molecule has 1 atom stereocenters. The number of urea groups is 1. The predicted octanol–water partition coefficient (Wildman–Crippen LogP) is 2.76. The Morgan fingerprint density at radius 2 is 1.97 bits per heavy atom. The molecule has 1 saturated heterocycles. The SMILES string of the molecule is C=CCn1c(C)cc(C(=O)CN2C(=O)N[C@](C)(Cc3ccc4c(c3)OCO4)C2=O)c1C. The molecule has 2 aromatic rings. The third-order valence-electron chi connectivity index (χ3n) is 5.83. The maximum atomic E-state index is 13.1. The number of amides is 3. The number of allylic oxidation sites excluding steroid dienone is 1. The molecule has 2 aliphatic heterocycles. The van der Waals surface area contributed by atoms with Crippen molar-refractivity contribution >= 4 is 17.7 Å². The Kier molecular flexibility index (Phi) is 5.08. The molecule has 0 spiro atoms. The van der Waals surface area contributed by atoms with Gasteiger partial charge in [0.15, 0.2) is 17.3 Å². The first-order valence-corrected chi connectivity index (χ1v) is 10.1. The van der Waals surface area contributed by atoms with Crippen molar-refractivity contribution in [2.75, 3.05) is 13.3 Å². The Bertz CT molecular complexity index is 1100. The van der Waals surface area contributed by atoms with E-state index in [1.807, 2.05) is 24.5 Å². The van der Waals surface area contributed by atoms with Crippen LogP contribution in [-0.4, -0.2) is 46.1 Å². The average Bonchev–Trinajstić information content (AvgIpc) is 3.35. The summed E-state index contributed by atoms with van der Waals surface area (Å²) in [5.74, 6) is 0.555. The number of hydrogen-bond donors (Lipinski definition) is 1. The fourth-order valence-electron chi connectivity index (χ4n) is 4.19. The Hall–Kier alpha value is -3.55. The number of aromatic nitrogens is 1. The van der Waals surface area contributed by atoms with E-state index >= 15 is 0 Å². The van der Waals surface area contributed by atoms with Crippen LogP contribution < -0.4 is 14.8 Å². The quantitative estimate of drug-likeness (QED) is 0.420. The molecule has 0 bridgehead atoms. The average molecular weight is 423 g/mol. The lowest BCUT2D eigenvalue weighted by atomic mass is 9.92. The zero-order valence-electron chi connectivity index (χ0n) is 17.9. The van der Waals surface area contributed by atoms with Crippen LogP contribution in [0.5, 0.6) is 11.5 Å². The Morgan fingerprint density at radius 1 is 1.23 bits per heavy atom. The van der Waals surface area contributed by atoms with Crippen molar-refractivity contribution < 1.29 is 23.9 Å². The second kappa shape index (κ2) is 7.61. The van der Waals surface area contributed by atoms with Gasteiger partial charge in [-0.1, -0.05) is 12.1 Å². The molecule has 2 aliphatic rings. The molecule has 1 fully saturated rings. The molecule has 0 aliphatic carbocycles. The van der Waals surface area contributed by atoms with Crippen LogP contribution in [0.25, 0.3) is 0 Å². The van der Waals surface area contributed by atoms with Crippen LogP contribution in [0.2, 0.25) is 0 Å². The van der Waals surface area contributed by atoms with Gasteiger partial charge in [0, 0.05) is 29.9 Å². The molecule has 31 heavy (non-hydrogen) atoms. The van der Waals surface area contributed by atoms with Gasteiger partial charge in [-0.3, -0.25) is 14.5 Å². The first-order valence-electron chi connectivity index (χ1n) is 10.1. The minimum atomic E-state index is -1.15. The molecule has 8 nitrogen and oxygen atoms in total. The number of fused-ring (bicyclic) bond motifs is 1. The second-order valence-corrected chi connectivity index (χ2v) is 8.13. The van der Waals surface area contributed by atoms with Crippen molar-refractivity contribution in [2.45, 2.75) is 39.3 Å². The van der Waals surface area contributed by atoms with Crippen LogP contribution in [0.4, 0.5) is 4.79 Å². The molecule has 8 heteroatoms. The van der Waals surface area contributed by atoms with Gasteiger partial charge >= 0.3 is 6.03 Å². The van der Waals surface area contributed by atoms with E-state index < -0.39 is 17.5 Å². The van der Waals surface area contributed by atoms with Crippen LogP contribution in [0.1, 0.15) is 34.2 Å². The molecule has 1 aromatic heterocycles. The number of rotatable bonds is 7. The highest BCUT2D eigenvalue weighted by Gasteiger charge is 2.48. The van der Waals surface area contributed by atoms with Crippen LogP contribution >= 0.6 is 0 Å². The number of carbonyl (C=O) groups excluding carboxylic acids is 3. The summed E-state index contributed by atoms with van der Waals surface area (Å²) in [4.78, 5) is 39.6. The monoisotopic (exact) mass is 423 g/mol. The lowest BCUT2D eigenvalue weighted by Crippen LogP contribution is -2.46. The van der Waals surface area contributed by atoms with E-state index in [0.717, 1.165) is 21.9 Å². The van der Waals surface area contributed by atoms with Crippen molar-refractivity contribution in [2.24, 2.45) is 0 Å². The van der Waals surface area contributed by atoms with Crippen LogP contribution in [0, 0.1) is 13.8 Å². The number of aryl methyl sites for hydroxylation is 1. The maximum absolute atomic E-state index is 13.1. The van der Waals surface area contributed by atoms with Crippen molar-refractivity contribution in [1.29, 1.82) is 0 Å². The summed E-state index contributed by atoms with van der Waals surface area (Å²) in [6, 6.07) is 6.63. The van der Waals surface area contributed by atoms with Gasteiger partial charge in [-0.2, -0.15) is 0 Å². The first kappa shape index (κ1) is 20.7. The molecule has 0 radical (unpaired) electrons. The molecular weight excluding hydrogens is 398 g/mol. The summed E-state index contributed by atoms with van der Waals surface area (Å²) in [5, 5.41) is 2.75. The first-order chi connectivity index (χ1) is 14.7. The normalized spacial score (nSPS) is 19.6. The summed E-state index contributed by atoms with van der Waals surface area (Å²) in [7, 11) is 0. The van der Waals surface area contributed by atoms with Gasteiger partial charge in [0.25, 0.3) is 5.91 Å². The summed E-state index contributed by atoms with van der Waals surface area (Å²) >= 11 is 0. The molecular formula is C23H25N3O5. The summed E-state index contributed by atoms with van der Waals surface area (Å²) in [6.07, 6.45) is 2.03. The van der Waals surface area contributed by atoms with Crippen LogP contribution in [-0.2, 0) is 17.8 Å². The van der Waals surface area contributed by atoms with Gasteiger partial charge in [0.2, 0.25) is 6.79 Å². The van der Waals surface area contributed by atoms with Crippen molar-refractivity contribution in [3.8, 4) is 11.5 Å². The van der Waals surface area contributed by atoms with Crippen LogP contribution in [0.3, 0.4) is 0 Å². The minimum Gasteiger partial charge on any atom is -0.454 e. The minimum absolute atomic E-state index is 0.162. The second-order valence-electron chi connectivity index (χ2n) is 8.13. The van der Waals surface area contributed by atoms with Crippen molar-refractivity contribution in [3.05, 3.63) is 59.4 Å². The highest BCUT2D eigenvalue weighted by molar-refractivity contribution is 6.11. The fourth-order valence-corrected chi connectivity index (χ4v) is 4.19. The largest absolute Gasteiger partial charge is 0.454 e. The van der Waals surface area contributed by atoms with E-state index in [0.29, 0.717) is 23.6 Å². The highest BCUT2D eigenvalue weighted by atomic mass is 16.7. The molecule has 4 rings (SSSR count). The Balaban J connectivity index is 1.51. The van der Waals surface area contributed by atoms with E-state index in [1.54, 1.807) is 31.2 Å². The number of ketones is 1. The topological polar surface area (TPSA) is 89.9 Å². The van der Waals surface area contributed by atoms with Crippen molar-refractivity contribution in [1.82, 2.24) is 14.8 Å².